The van der Waals surface area contributed by atoms with Crippen LogP contribution in [0.4, 0.5) is 10.1 Å². The van der Waals surface area contributed by atoms with Gasteiger partial charge in [0.15, 0.2) is 0 Å². The molecule has 6 heteroatoms. The maximum atomic E-state index is 13.1. The van der Waals surface area contributed by atoms with E-state index in [4.69, 9.17) is 5.73 Å². The van der Waals surface area contributed by atoms with Crippen molar-refractivity contribution < 1.29 is 4.39 Å². The van der Waals surface area contributed by atoms with Crippen molar-refractivity contribution in [2.24, 2.45) is 5.73 Å². The van der Waals surface area contributed by atoms with Crippen LogP contribution in [-0.2, 0) is 6.54 Å². The monoisotopic (exact) mass is 276 g/mol. The number of aromatic nitrogens is 2. The fraction of sp³-hybridized carbons (Fsp3) is 0.286. The highest BCUT2D eigenvalue weighted by Gasteiger charge is 2.05. The first-order valence-corrected chi connectivity index (χ1v) is 6.33. The van der Waals surface area contributed by atoms with Crippen molar-refractivity contribution in [3.8, 4) is 0 Å². The topological polar surface area (TPSA) is 64.2 Å². The Morgan fingerprint density at radius 2 is 2.20 bits per heavy atom. The molecular weight excluding hydrogens is 259 g/mol. The van der Waals surface area contributed by atoms with Crippen molar-refractivity contribution in [1.82, 2.24) is 9.78 Å². The fourth-order valence-corrected chi connectivity index (χ4v) is 1.88. The molecular formula is C14H17FN4O. The molecule has 0 aliphatic rings. The second-order valence-corrected chi connectivity index (χ2v) is 4.55. The SMILES string of the molecule is CN(CCN)c1cnn(Cc2cccc(F)c2)c(=O)c1. The van der Waals surface area contributed by atoms with Crippen LogP contribution < -0.4 is 16.2 Å². The zero-order valence-corrected chi connectivity index (χ0v) is 11.3. The van der Waals surface area contributed by atoms with Gasteiger partial charge in [0.05, 0.1) is 18.4 Å². The van der Waals surface area contributed by atoms with Gasteiger partial charge in [-0.2, -0.15) is 5.10 Å². The van der Waals surface area contributed by atoms with Crippen molar-refractivity contribution in [3.63, 3.8) is 0 Å². The first-order chi connectivity index (χ1) is 9.60. The van der Waals surface area contributed by atoms with Gasteiger partial charge in [0, 0.05) is 26.2 Å². The van der Waals surface area contributed by atoms with Gasteiger partial charge in [0.2, 0.25) is 0 Å². The summed E-state index contributed by atoms with van der Waals surface area (Å²) >= 11 is 0. The molecule has 0 saturated heterocycles. The van der Waals surface area contributed by atoms with Gasteiger partial charge < -0.3 is 10.6 Å². The number of anilines is 1. The second kappa shape index (κ2) is 6.29. The van der Waals surface area contributed by atoms with E-state index in [1.54, 1.807) is 18.3 Å². The molecule has 0 amide bonds. The van der Waals surface area contributed by atoms with Crippen LogP contribution >= 0.6 is 0 Å². The Morgan fingerprint density at radius 3 is 2.85 bits per heavy atom. The summed E-state index contributed by atoms with van der Waals surface area (Å²) in [5, 5.41) is 4.11. The Bertz CT molecular complexity index is 641. The lowest BCUT2D eigenvalue weighted by Gasteiger charge is -2.17. The maximum absolute atomic E-state index is 13.1. The maximum Gasteiger partial charge on any atom is 0.269 e. The van der Waals surface area contributed by atoms with E-state index in [0.29, 0.717) is 18.7 Å². The predicted octanol–water partition coefficient (Wildman–Crippen LogP) is 0.826. The highest BCUT2D eigenvalue weighted by molar-refractivity contribution is 5.41. The lowest BCUT2D eigenvalue weighted by Crippen LogP contribution is -2.29. The highest BCUT2D eigenvalue weighted by atomic mass is 19.1. The average Bonchev–Trinajstić information content (AvgIpc) is 2.41. The summed E-state index contributed by atoms with van der Waals surface area (Å²) in [7, 11) is 1.85. The van der Waals surface area contributed by atoms with Crippen molar-refractivity contribution in [1.29, 1.82) is 0 Å². The van der Waals surface area contributed by atoms with E-state index in [1.165, 1.54) is 22.9 Å². The summed E-state index contributed by atoms with van der Waals surface area (Å²) in [5.41, 5.74) is 6.66. The van der Waals surface area contributed by atoms with Crippen LogP contribution in [0, 0.1) is 5.82 Å². The van der Waals surface area contributed by atoms with Gasteiger partial charge in [-0.25, -0.2) is 9.07 Å². The van der Waals surface area contributed by atoms with Gasteiger partial charge in [-0.3, -0.25) is 4.79 Å². The van der Waals surface area contributed by atoms with Gasteiger partial charge in [-0.15, -0.1) is 0 Å². The normalized spacial score (nSPS) is 10.6. The van der Waals surface area contributed by atoms with E-state index in [-0.39, 0.29) is 17.9 Å². The number of nitrogens with zero attached hydrogens (tertiary/aromatic N) is 3. The third-order valence-corrected chi connectivity index (χ3v) is 2.98. The van der Waals surface area contributed by atoms with Gasteiger partial charge in [-0.05, 0) is 17.7 Å². The highest BCUT2D eigenvalue weighted by Crippen LogP contribution is 2.07. The van der Waals surface area contributed by atoms with Crippen LogP contribution in [0.3, 0.4) is 0 Å². The number of nitrogens with two attached hydrogens (primary N) is 1. The zero-order valence-electron chi connectivity index (χ0n) is 11.3. The van der Waals surface area contributed by atoms with E-state index in [9.17, 15) is 9.18 Å². The largest absolute Gasteiger partial charge is 0.372 e. The molecule has 106 valence electrons. The minimum Gasteiger partial charge on any atom is -0.372 e. The van der Waals surface area contributed by atoms with Crippen LogP contribution in [0.15, 0.2) is 41.3 Å². The van der Waals surface area contributed by atoms with Crippen LogP contribution in [0.2, 0.25) is 0 Å². The fourth-order valence-electron chi connectivity index (χ4n) is 1.88. The first kappa shape index (κ1) is 14.2. The molecule has 2 rings (SSSR count). The summed E-state index contributed by atoms with van der Waals surface area (Å²) in [6.45, 7) is 1.40. The minimum absolute atomic E-state index is 0.226. The molecule has 0 atom stereocenters. The van der Waals surface area contributed by atoms with Crippen molar-refractivity contribution in [2.75, 3.05) is 25.0 Å². The molecule has 0 bridgehead atoms. The number of hydrogen-bond acceptors (Lipinski definition) is 4. The lowest BCUT2D eigenvalue weighted by molar-refractivity contribution is 0.610. The molecule has 0 radical (unpaired) electrons. The molecule has 2 N–H and O–H groups in total. The number of halogens is 1. The number of hydrogen-bond donors (Lipinski definition) is 1. The van der Waals surface area contributed by atoms with Crippen molar-refractivity contribution >= 4 is 5.69 Å². The number of likely N-dealkylation sites (N-methyl/N-ethyl adjacent to an activating group) is 1. The average molecular weight is 276 g/mol. The molecule has 1 aromatic heterocycles. The molecule has 0 unspecified atom stereocenters. The summed E-state index contributed by atoms with van der Waals surface area (Å²) in [6, 6.07) is 7.62. The first-order valence-electron chi connectivity index (χ1n) is 6.33. The van der Waals surface area contributed by atoms with Crippen LogP contribution in [-0.4, -0.2) is 29.9 Å². The summed E-state index contributed by atoms with van der Waals surface area (Å²) in [5.74, 6) is -0.324. The molecule has 2 aromatic rings. The van der Waals surface area contributed by atoms with E-state index < -0.39 is 0 Å². The van der Waals surface area contributed by atoms with E-state index >= 15 is 0 Å². The Hall–Kier alpha value is -2.21. The molecule has 5 nitrogen and oxygen atoms in total. The van der Waals surface area contributed by atoms with Gasteiger partial charge >= 0.3 is 0 Å². The third kappa shape index (κ3) is 3.42. The number of rotatable bonds is 5. The second-order valence-electron chi connectivity index (χ2n) is 4.55. The molecule has 0 saturated carbocycles. The molecule has 0 fully saturated rings. The van der Waals surface area contributed by atoms with Gasteiger partial charge in [0.25, 0.3) is 5.56 Å². The van der Waals surface area contributed by atoms with E-state index in [1.807, 2.05) is 11.9 Å². The summed E-state index contributed by atoms with van der Waals surface area (Å²) < 4.78 is 14.4. The Labute approximate surface area is 116 Å². The quantitative estimate of drug-likeness (QED) is 0.878. The van der Waals surface area contributed by atoms with Crippen LogP contribution in [0.1, 0.15) is 5.56 Å². The molecule has 1 heterocycles. The standard InChI is InChI=1S/C14H17FN4O/c1-18(6-5-16)13-8-14(20)19(17-9-13)10-11-3-2-4-12(15)7-11/h2-4,7-9H,5-6,10,16H2,1H3. The molecule has 20 heavy (non-hydrogen) atoms. The van der Waals surface area contributed by atoms with Crippen LogP contribution in [0.25, 0.3) is 0 Å². The van der Waals surface area contributed by atoms with Gasteiger partial charge in [0.1, 0.15) is 5.82 Å². The Kier molecular flexibility index (Phi) is 4.47. The van der Waals surface area contributed by atoms with Crippen LogP contribution in [0.5, 0.6) is 0 Å². The summed E-state index contributed by atoms with van der Waals surface area (Å²) in [4.78, 5) is 13.8. The molecule has 1 aromatic carbocycles. The molecule has 0 spiro atoms. The minimum atomic E-state index is -0.324. The Balaban J connectivity index is 2.20. The van der Waals surface area contributed by atoms with Gasteiger partial charge in [-0.1, -0.05) is 12.1 Å². The molecule has 0 aliphatic carbocycles. The van der Waals surface area contributed by atoms with E-state index in [2.05, 4.69) is 5.10 Å². The smallest absolute Gasteiger partial charge is 0.269 e. The van der Waals surface area contributed by atoms with Crippen molar-refractivity contribution in [3.05, 3.63) is 58.3 Å². The molecule has 0 aliphatic heterocycles. The predicted molar refractivity (Wildman–Crippen MR) is 76.3 cm³/mol. The Morgan fingerprint density at radius 1 is 1.40 bits per heavy atom. The lowest BCUT2D eigenvalue weighted by atomic mass is 10.2. The van der Waals surface area contributed by atoms with Crippen molar-refractivity contribution in [2.45, 2.75) is 6.54 Å². The number of benzene rings is 1. The third-order valence-electron chi connectivity index (χ3n) is 2.98. The van der Waals surface area contributed by atoms with E-state index in [0.717, 1.165) is 5.69 Å². The summed E-state index contributed by atoms with van der Waals surface area (Å²) in [6.07, 6.45) is 1.61. The zero-order chi connectivity index (χ0) is 14.5.